The van der Waals surface area contributed by atoms with Gasteiger partial charge in [0.05, 0.1) is 11.8 Å². The van der Waals surface area contributed by atoms with Crippen molar-refractivity contribution in [1.82, 2.24) is 10.3 Å². The second-order valence-electron chi connectivity index (χ2n) is 3.70. The van der Waals surface area contributed by atoms with E-state index in [0.717, 1.165) is 42.3 Å². The van der Waals surface area contributed by atoms with Crippen LogP contribution in [-0.2, 0) is 6.54 Å². The molecule has 86 valence electrons. The Labute approximate surface area is 94.7 Å². The maximum atomic E-state index is 5.41. The van der Waals surface area contributed by atoms with E-state index in [-0.39, 0.29) is 0 Å². The van der Waals surface area contributed by atoms with Crippen molar-refractivity contribution >= 4 is 0 Å². The van der Waals surface area contributed by atoms with Crippen molar-refractivity contribution < 1.29 is 8.83 Å². The van der Waals surface area contributed by atoms with Gasteiger partial charge in [0.15, 0.2) is 12.2 Å². The van der Waals surface area contributed by atoms with Crippen molar-refractivity contribution in [2.75, 3.05) is 6.54 Å². The number of nitrogens with zero attached hydrogens (tertiary/aromatic N) is 1. The average molecular weight is 220 g/mol. The van der Waals surface area contributed by atoms with E-state index in [0.29, 0.717) is 0 Å². The summed E-state index contributed by atoms with van der Waals surface area (Å²) in [4.78, 5) is 4.21. The molecule has 0 aliphatic heterocycles. The van der Waals surface area contributed by atoms with Crippen LogP contribution < -0.4 is 5.32 Å². The molecular weight excluding hydrogens is 204 g/mol. The average Bonchev–Trinajstić information content (AvgIpc) is 2.87. The van der Waals surface area contributed by atoms with Gasteiger partial charge in [-0.1, -0.05) is 6.92 Å². The van der Waals surface area contributed by atoms with E-state index < -0.39 is 0 Å². The van der Waals surface area contributed by atoms with Gasteiger partial charge in [0, 0.05) is 6.54 Å². The first-order chi connectivity index (χ1) is 7.83. The number of furan rings is 1. The summed E-state index contributed by atoms with van der Waals surface area (Å²) in [5.41, 5.74) is 1.91. The van der Waals surface area contributed by atoms with Crippen molar-refractivity contribution in [3.63, 3.8) is 0 Å². The maximum Gasteiger partial charge on any atom is 0.181 e. The Hall–Kier alpha value is -1.55. The molecule has 0 aromatic carbocycles. The molecule has 0 saturated heterocycles. The van der Waals surface area contributed by atoms with Crippen molar-refractivity contribution in [2.24, 2.45) is 0 Å². The van der Waals surface area contributed by atoms with Crippen LogP contribution in [0.15, 0.2) is 27.6 Å². The molecule has 0 atom stereocenters. The first kappa shape index (κ1) is 11.0. The molecule has 0 saturated carbocycles. The number of aromatic nitrogens is 1. The molecule has 2 rings (SSSR count). The van der Waals surface area contributed by atoms with Gasteiger partial charge < -0.3 is 14.2 Å². The molecule has 4 heteroatoms. The normalized spacial score (nSPS) is 10.9. The molecule has 0 radical (unpaired) electrons. The Morgan fingerprint density at radius 1 is 1.38 bits per heavy atom. The Morgan fingerprint density at radius 2 is 2.25 bits per heavy atom. The SMILES string of the molecule is CCCNCc1ncoc1-c1ccoc1C. The van der Waals surface area contributed by atoms with Crippen molar-refractivity contribution in [1.29, 1.82) is 0 Å². The van der Waals surface area contributed by atoms with E-state index in [9.17, 15) is 0 Å². The predicted octanol–water partition coefficient (Wildman–Crippen LogP) is 2.74. The Balaban J connectivity index is 2.16. The number of hydrogen-bond donors (Lipinski definition) is 1. The highest BCUT2D eigenvalue weighted by Crippen LogP contribution is 2.26. The van der Waals surface area contributed by atoms with Gasteiger partial charge in [0.2, 0.25) is 0 Å². The molecule has 2 aromatic heterocycles. The molecule has 0 spiro atoms. The summed E-state index contributed by atoms with van der Waals surface area (Å²) in [6.07, 6.45) is 4.25. The maximum absolute atomic E-state index is 5.41. The standard InChI is InChI=1S/C12H16N2O2/c1-3-5-13-7-11-12(16-8-14-11)10-4-6-15-9(10)2/h4,6,8,13H,3,5,7H2,1-2H3. The van der Waals surface area contributed by atoms with Crippen LogP contribution in [0.1, 0.15) is 24.8 Å². The van der Waals surface area contributed by atoms with Gasteiger partial charge in [-0.2, -0.15) is 0 Å². The van der Waals surface area contributed by atoms with Gasteiger partial charge in [-0.3, -0.25) is 0 Å². The highest BCUT2D eigenvalue weighted by molar-refractivity contribution is 5.61. The van der Waals surface area contributed by atoms with Crippen molar-refractivity contribution in [2.45, 2.75) is 26.8 Å². The van der Waals surface area contributed by atoms with E-state index in [1.54, 1.807) is 6.26 Å². The summed E-state index contributed by atoms with van der Waals surface area (Å²) < 4.78 is 10.7. The van der Waals surface area contributed by atoms with Crippen LogP contribution in [0.3, 0.4) is 0 Å². The molecule has 0 amide bonds. The molecule has 0 aliphatic rings. The first-order valence-corrected chi connectivity index (χ1v) is 5.50. The fraction of sp³-hybridized carbons (Fsp3) is 0.417. The summed E-state index contributed by atoms with van der Waals surface area (Å²) in [6, 6.07) is 1.90. The number of hydrogen-bond acceptors (Lipinski definition) is 4. The van der Waals surface area contributed by atoms with Crippen LogP contribution in [0.2, 0.25) is 0 Å². The molecule has 16 heavy (non-hydrogen) atoms. The van der Waals surface area contributed by atoms with E-state index in [1.165, 1.54) is 6.39 Å². The number of nitrogens with one attached hydrogen (secondary N) is 1. The minimum Gasteiger partial charge on any atom is -0.469 e. The molecule has 0 aliphatic carbocycles. The highest BCUT2D eigenvalue weighted by Gasteiger charge is 2.14. The largest absolute Gasteiger partial charge is 0.469 e. The minimum absolute atomic E-state index is 0.726. The van der Waals surface area contributed by atoms with Gasteiger partial charge in [-0.25, -0.2) is 4.98 Å². The zero-order chi connectivity index (χ0) is 11.4. The van der Waals surface area contributed by atoms with Crippen LogP contribution in [0, 0.1) is 6.92 Å². The summed E-state index contributed by atoms with van der Waals surface area (Å²) in [5, 5.41) is 3.31. The van der Waals surface area contributed by atoms with E-state index in [1.807, 2.05) is 13.0 Å². The molecular formula is C12H16N2O2. The number of rotatable bonds is 5. The quantitative estimate of drug-likeness (QED) is 0.787. The van der Waals surface area contributed by atoms with Gasteiger partial charge in [-0.05, 0) is 26.0 Å². The minimum atomic E-state index is 0.726. The lowest BCUT2D eigenvalue weighted by Gasteiger charge is -2.01. The number of oxazole rings is 1. The van der Waals surface area contributed by atoms with Crippen LogP contribution >= 0.6 is 0 Å². The summed E-state index contributed by atoms with van der Waals surface area (Å²) in [7, 11) is 0. The Bertz CT molecular complexity index is 445. The van der Waals surface area contributed by atoms with E-state index >= 15 is 0 Å². The topological polar surface area (TPSA) is 51.2 Å². The molecule has 4 nitrogen and oxygen atoms in total. The van der Waals surface area contributed by atoms with Gasteiger partial charge in [0.25, 0.3) is 0 Å². The lowest BCUT2D eigenvalue weighted by molar-refractivity contribution is 0.529. The predicted molar refractivity (Wildman–Crippen MR) is 60.9 cm³/mol. The van der Waals surface area contributed by atoms with Gasteiger partial charge in [0.1, 0.15) is 11.5 Å². The summed E-state index contributed by atoms with van der Waals surface area (Å²) >= 11 is 0. The second kappa shape index (κ2) is 4.99. The summed E-state index contributed by atoms with van der Waals surface area (Å²) in [6.45, 7) is 5.76. The molecule has 1 N–H and O–H groups in total. The third-order valence-electron chi connectivity index (χ3n) is 2.46. The third-order valence-corrected chi connectivity index (χ3v) is 2.46. The van der Waals surface area contributed by atoms with E-state index in [4.69, 9.17) is 8.83 Å². The molecule has 0 bridgehead atoms. The molecule has 0 fully saturated rings. The lowest BCUT2D eigenvalue weighted by atomic mass is 10.1. The Kier molecular flexibility index (Phi) is 3.41. The fourth-order valence-electron chi connectivity index (χ4n) is 1.62. The van der Waals surface area contributed by atoms with Gasteiger partial charge in [-0.15, -0.1) is 0 Å². The molecule has 2 aromatic rings. The van der Waals surface area contributed by atoms with E-state index in [2.05, 4.69) is 17.2 Å². The van der Waals surface area contributed by atoms with Crippen LogP contribution in [0.25, 0.3) is 11.3 Å². The zero-order valence-corrected chi connectivity index (χ0v) is 9.62. The molecule has 2 heterocycles. The summed E-state index contributed by atoms with van der Waals surface area (Å²) in [5.74, 6) is 1.66. The number of aryl methyl sites for hydroxylation is 1. The molecule has 0 unspecified atom stereocenters. The van der Waals surface area contributed by atoms with Crippen molar-refractivity contribution in [3.05, 3.63) is 30.2 Å². The van der Waals surface area contributed by atoms with Crippen LogP contribution in [0.5, 0.6) is 0 Å². The highest BCUT2D eigenvalue weighted by atomic mass is 16.3. The van der Waals surface area contributed by atoms with Crippen LogP contribution in [0.4, 0.5) is 0 Å². The first-order valence-electron chi connectivity index (χ1n) is 5.50. The van der Waals surface area contributed by atoms with Crippen LogP contribution in [-0.4, -0.2) is 11.5 Å². The monoisotopic (exact) mass is 220 g/mol. The smallest absolute Gasteiger partial charge is 0.181 e. The van der Waals surface area contributed by atoms with Gasteiger partial charge >= 0.3 is 0 Å². The zero-order valence-electron chi connectivity index (χ0n) is 9.62. The Morgan fingerprint density at radius 3 is 2.94 bits per heavy atom. The second-order valence-corrected chi connectivity index (χ2v) is 3.70. The lowest BCUT2D eigenvalue weighted by Crippen LogP contribution is -2.14. The fourth-order valence-corrected chi connectivity index (χ4v) is 1.62. The van der Waals surface area contributed by atoms with Crippen molar-refractivity contribution in [3.8, 4) is 11.3 Å². The third kappa shape index (κ3) is 2.17.